The van der Waals surface area contributed by atoms with E-state index >= 15 is 0 Å². The molecule has 7 heteroatoms. The fraction of sp³-hybridized carbons (Fsp3) is 0.0833. The van der Waals surface area contributed by atoms with Gasteiger partial charge in [-0.15, -0.1) is 0 Å². The number of Topliss-reactive ketones (excluding diaryl/α,β-unsaturated/α-hetero) is 1. The lowest BCUT2D eigenvalue weighted by atomic mass is 10.1. The highest BCUT2D eigenvalue weighted by atomic mass is 16.5. The van der Waals surface area contributed by atoms with Crippen LogP contribution in [0, 0.1) is 0 Å². The Kier molecular flexibility index (Phi) is 5.84. The Balaban J connectivity index is 1.30. The number of esters is 1. The summed E-state index contributed by atoms with van der Waals surface area (Å²) < 4.78 is 10.3. The summed E-state index contributed by atoms with van der Waals surface area (Å²) in [6, 6.07) is 22.4. The second-order valence-corrected chi connectivity index (χ2v) is 6.78. The maximum Gasteiger partial charge on any atom is 0.312 e. The van der Waals surface area contributed by atoms with Crippen LogP contribution < -0.4 is 5.32 Å². The molecule has 1 amide bonds. The SMILES string of the molecule is O=C(Cc1noc2ccccc12)OCC(=O)c1ccc(NC(=O)c2ccccc2)cc1. The predicted molar refractivity (Wildman–Crippen MR) is 114 cm³/mol. The topological polar surface area (TPSA) is 98.5 Å². The van der Waals surface area contributed by atoms with Gasteiger partial charge in [-0.05, 0) is 48.5 Å². The number of nitrogens with zero attached hydrogens (tertiary/aromatic N) is 1. The largest absolute Gasteiger partial charge is 0.457 e. The Morgan fingerprint density at radius 3 is 2.32 bits per heavy atom. The Bertz CT molecular complexity index is 1230. The van der Waals surface area contributed by atoms with Gasteiger partial charge in [0.2, 0.25) is 0 Å². The standard InChI is InChI=1S/C24H18N2O5/c27-21(15-30-23(28)14-20-19-8-4-5-9-22(19)31-26-20)16-10-12-18(13-11-16)25-24(29)17-6-2-1-3-7-17/h1-13H,14-15H2,(H,25,29). The number of nitrogens with one attached hydrogen (secondary N) is 1. The van der Waals surface area contributed by atoms with Crippen LogP contribution in [0.1, 0.15) is 26.4 Å². The molecule has 0 aliphatic carbocycles. The van der Waals surface area contributed by atoms with E-state index in [4.69, 9.17) is 9.26 Å². The van der Waals surface area contributed by atoms with Crippen molar-refractivity contribution in [2.24, 2.45) is 0 Å². The van der Waals surface area contributed by atoms with Gasteiger partial charge in [-0.2, -0.15) is 0 Å². The van der Waals surface area contributed by atoms with E-state index in [2.05, 4.69) is 10.5 Å². The molecule has 4 aromatic rings. The maximum absolute atomic E-state index is 12.3. The first-order valence-electron chi connectivity index (χ1n) is 9.59. The number of carbonyl (C=O) groups is 3. The van der Waals surface area contributed by atoms with Crippen molar-refractivity contribution < 1.29 is 23.6 Å². The van der Waals surface area contributed by atoms with Crippen molar-refractivity contribution in [1.29, 1.82) is 0 Å². The number of fused-ring (bicyclic) bond motifs is 1. The van der Waals surface area contributed by atoms with Crippen LogP contribution in [0.5, 0.6) is 0 Å². The van der Waals surface area contributed by atoms with E-state index < -0.39 is 5.97 Å². The van der Waals surface area contributed by atoms with E-state index in [0.29, 0.717) is 28.1 Å². The average Bonchev–Trinajstić information content (AvgIpc) is 3.21. The molecule has 31 heavy (non-hydrogen) atoms. The quantitative estimate of drug-likeness (QED) is 0.362. The minimum atomic E-state index is -0.570. The van der Waals surface area contributed by atoms with Crippen molar-refractivity contribution in [3.63, 3.8) is 0 Å². The van der Waals surface area contributed by atoms with Crippen LogP contribution in [0.4, 0.5) is 5.69 Å². The normalized spacial score (nSPS) is 10.6. The summed E-state index contributed by atoms with van der Waals surface area (Å²) in [5, 5.41) is 7.38. The van der Waals surface area contributed by atoms with E-state index in [0.717, 1.165) is 5.39 Å². The van der Waals surface area contributed by atoms with Crippen molar-refractivity contribution >= 4 is 34.3 Å². The summed E-state index contributed by atoms with van der Waals surface area (Å²) in [6.07, 6.45) is -0.0885. The first-order chi connectivity index (χ1) is 15.1. The third-order valence-corrected chi connectivity index (χ3v) is 4.63. The van der Waals surface area contributed by atoms with E-state index in [1.54, 1.807) is 60.7 Å². The van der Waals surface area contributed by atoms with E-state index in [-0.39, 0.29) is 24.7 Å². The summed E-state index contributed by atoms with van der Waals surface area (Å²) in [6.45, 7) is -0.385. The number of para-hydroxylation sites is 1. The van der Waals surface area contributed by atoms with Gasteiger partial charge in [0.15, 0.2) is 18.0 Å². The fourth-order valence-corrected chi connectivity index (χ4v) is 3.01. The summed E-state index contributed by atoms with van der Waals surface area (Å²) >= 11 is 0. The minimum Gasteiger partial charge on any atom is -0.457 e. The van der Waals surface area contributed by atoms with E-state index in [9.17, 15) is 14.4 Å². The molecule has 1 N–H and O–H groups in total. The number of aromatic nitrogens is 1. The molecule has 3 aromatic carbocycles. The number of ether oxygens (including phenoxy) is 1. The molecule has 0 saturated carbocycles. The molecule has 7 nitrogen and oxygen atoms in total. The van der Waals surface area contributed by atoms with Crippen LogP contribution in [0.25, 0.3) is 11.0 Å². The molecular formula is C24H18N2O5. The maximum atomic E-state index is 12.3. The number of hydrogen-bond acceptors (Lipinski definition) is 6. The van der Waals surface area contributed by atoms with Crippen molar-refractivity contribution in [2.45, 2.75) is 6.42 Å². The molecule has 0 aliphatic rings. The molecule has 0 atom stereocenters. The van der Waals surface area contributed by atoms with Gasteiger partial charge in [-0.1, -0.05) is 35.5 Å². The summed E-state index contributed by atoms with van der Waals surface area (Å²) in [5.41, 5.74) is 2.51. The Labute approximate surface area is 177 Å². The van der Waals surface area contributed by atoms with Crippen molar-refractivity contribution in [3.05, 3.63) is 95.7 Å². The number of ketones is 1. The van der Waals surface area contributed by atoms with Crippen LogP contribution in [0.2, 0.25) is 0 Å². The molecule has 0 bridgehead atoms. The summed E-state index contributed by atoms with van der Waals surface area (Å²) in [7, 11) is 0. The zero-order valence-corrected chi connectivity index (χ0v) is 16.4. The first-order valence-corrected chi connectivity index (χ1v) is 9.59. The fourth-order valence-electron chi connectivity index (χ4n) is 3.01. The monoisotopic (exact) mass is 414 g/mol. The van der Waals surface area contributed by atoms with Gasteiger partial charge < -0.3 is 14.6 Å². The van der Waals surface area contributed by atoms with E-state index in [1.807, 2.05) is 18.2 Å². The molecule has 0 spiro atoms. The van der Waals surface area contributed by atoms with Gasteiger partial charge in [0.05, 0.1) is 6.42 Å². The van der Waals surface area contributed by atoms with Crippen LogP contribution in [0.3, 0.4) is 0 Å². The molecule has 1 aromatic heterocycles. The molecule has 4 rings (SSSR count). The number of hydrogen-bond donors (Lipinski definition) is 1. The van der Waals surface area contributed by atoms with Gasteiger partial charge in [-0.25, -0.2) is 0 Å². The molecule has 0 saturated heterocycles. The average molecular weight is 414 g/mol. The molecule has 0 aliphatic heterocycles. The lowest BCUT2D eigenvalue weighted by Gasteiger charge is -2.07. The first kappa shape index (κ1) is 20.0. The zero-order chi connectivity index (χ0) is 21.6. The third-order valence-electron chi connectivity index (χ3n) is 4.63. The molecule has 154 valence electrons. The Morgan fingerprint density at radius 2 is 1.55 bits per heavy atom. The van der Waals surface area contributed by atoms with Gasteiger partial charge in [0, 0.05) is 22.2 Å². The minimum absolute atomic E-state index is 0.0885. The molecular weight excluding hydrogens is 396 g/mol. The number of carbonyl (C=O) groups excluding carboxylic acids is 3. The Morgan fingerprint density at radius 1 is 0.839 bits per heavy atom. The van der Waals surface area contributed by atoms with Crippen LogP contribution in [-0.2, 0) is 16.0 Å². The zero-order valence-electron chi connectivity index (χ0n) is 16.4. The van der Waals surface area contributed by atoms with Crippen LogP contribution >= 0.6 is 0 Å². The lowest BCUT2D eigenvalue weighted by molar-refractivity contribution is -0.141. The van der Waals surface area contributed by atoms with Gasteiger partial charge >= 0.3 is 5.97 Å². The van der Waals surface area contributed by atoms with Crippen LogP contribution in [-0.4, -0.2) is 29.4 Å². The van der Waals surface area contributed by atoms with Gasteiger partial charge in [0.1, 0.15) is 5.69 Å². The Hall–Kier alpha value is -4.26. The molecule has 0 radical (unpaired) electrons. The molecule has 0 unspecified atom stereocenters. The van der Waals surface area contributed by atoms with Crippen molar-refractivity contribution in [1.82, 2.24) is 5.16 Å². The van der Waals surface area contributed by atoms with Gasteiger partial charge in [-0.3, -0.25) is 14.4 Å². The van der Waals surface area contributed by atoms with Crippen molar-refractivity contribution in [3.8, 4) is 0 Å². The number of amides is 1. The number of benzene rings is 3. The highest BCUT2D eigenvalue weighted by Gasteiger charge is 2.15. The third kappa shape index (κ3) is 4.84. The second kappa shape index (κ2) is 9.04. The number of anilines is 1. The highest BCUT2D eigenvalue weighted by molar-refractivity contribution is 6.04. The highest BCUT2D eigenvalue weighted by Crippen LogP contribution is 2.18. The van der Waals surface area contributed by atoms with E-state index in [1.165, 1.54) is 0 Å². The van der Waals surface area contributed by atoms with Crippen molar-refractivity contribution in [2.75, 3.05) is 11.9 Å². The summed E-state index contributed by atoms with van der Waals surface area (Å²) in [5.74, 6) is -1.16. The molecule has 0 fully saturated rings. The van der Waals surface area contributed by atoms with Crippen LogP contribution in [0.15, 0.2) is 83.4 Å². The van der Waals surface area contributed by atoms with Gasteiger partial charge in [0.25, 0.3) is 5.91 Å². The lowest BCUT2D eigenvalue weighted by Crippen LogP contribution is -2.16. The second-order valence-electron chi connectivity index (χ2n) is 6.78. The summed E-state index contributed by atoms with van der Waals surface area (Å²) in [4.78, 5) is 36.6. The predicted octanol–water partition coefficient (Wildman–Crippen LogP) is 4.05. The molecule has 1 heterocycles. The number of rotatable bonds is 7. The smallest absolute Gasteiger partial charge is 0.312 e.